The van der Waals surface area contributed by atoms with Crippen LogP contribution in [0, 0.1) is 0 Å². The summed E-state index contributed by atoms with van der Waals surface area (Å²) in [5.41, 5.74) is 1.51. The molecular weight excluding hydrogens is 294 g/mol. The molecule has 1 amide bonds. The van der Waals surface area contributed by atoms with Gasteiger partial charge in [-0.05, 0) is 22.9 Å². The van der Waals surface area contributed by atoms with Crippen molar-refractivity contribution in [3.63, 3.8) is 0 Å². The highest BCUT2D eigenvalue weighted by Gasteiger charge is 2.29. The first-order valence-electron chi connectivity index (χ1n) is 6.44. The van der Waals surface area contributed by atoms with Crippen LogP contribution in [0.15, 0.2) is 33.1 Å². The summed E-state index contributed by atoms with van der Waals surface area (Å²) in [6.45, 7) is 3.58. The first-order valence-corrected chi connectivity index (χ1v) is 8.94. The molecule has 1 aromatic rings. The van der Waals surface area contributed by atoms with Crippen LogP contribution in [0.25, 0.3) is 0 Å². The van der Waals surface area contributed by atoms with Crippen LogP contribution >= 0.6 is 22.0 Å². The summed E-state index contributed by atoms with van der Waals surface area (Å²) in [7, 11) is -1.46. The molecule has 1 N–H and O–H groups in total. The summed E-state index contributed by atoms with van der Waals surface area (Å²) in [4.78, 5) is 11.4. The minimum atomic E-state index is -1.46. The van der Waals surface area contributed by atoms with Crippen LogP contribution < -0.4 is 5.32 Å². The minimum absolute atomic E-state index is 0.149. The normalized spacial score (nSPS) is 24.6. The first kappa shape index (κ1) is 15.1. The van der Waals surface area contributed by atoms with E-state index in [1.165, 1.54) is 6.92 Å². The van der Waals surface area contributed by atoms with E-state index in [0.29, 0.717) is 16.6 Å². The molecule has 0 radical (unpaired) electrons. The van der Waals surface area contributed by atoms with Crippen molar-refractivity contribution in [1.29, 1.82) is 0 Å². The fraction of sp³-hybridized carbons (Fsp3) is 0.357. The van der Waals surface area contributed by atoms with Crippen molar-refractivity contribution in [2.24, 2.45) is 8.80 Å². The third kappa shape index (κ3) is 3.22. The van der Waals surface area contributed by atoms with Crippen molar-refractivity contribution in [2.75, 3.05) is 12.0 Å². The maximum absolute atomic E-state index is 11.4. The summed E-state index contributed by atoms with van der Waals surface area (Å²) in [5, 5.41) is 3.39. The Morgan fingerprint density at radius 2 is 2.05 bits per heavy atom. The molecule has 108 valence electrons. The van der Waals surface area contributed by atoms with Crippen LogP contribution in [0.3, 0.4) is 0 Å². The molecule has 1 aliphatic rings. The third-order valence-corrected chi connectivity index (χ3v) is 5.48. The van der Waals surface area contributed by atoms with Gasteiger partial charge in [-0.15, -0.1) is 0 Å². The van der Waals surface area contributed by atoms with Crippen molar-refractivity contribution in [3.05, 3.63) is 34.9 Å². The molecule has 1 aliphatic heterocycles. The summed E-state index contributed by atoms with van der Waals surface area (Å²) >= 11 is 6.24. The molecule has 1 atom stereocenters. The number of hydrogen-bond donors (Lipinski definition) is 1. The van der Waals surface area contributed by atoms with Crippen molar-refractivity contribution >= 4 is 39.5 Å². The summed E-state index contributed by atoms with van der Waals surface area (Å²) in [6, 6.07) is 7.49. The summed E-state index contributed by atoms with van der Waals surface area (Å²) in [5.74, 6) is 1.30. The number of carbonyl (C=O) groups excluding carboxylic acids is 1. The lowest BCUT2D eigenvalue weighted by atomic mass is 10.1. The predicted octanol–water partition coefficient (Wildman–Crippen LogP) is 3.35. The lowest BCUT2D eigenvalue weighted by Crippen LogP contribution is -2.33. The van der Waals surface area contributed by atoms with E-state index in [1.54, 1.807) is 0 Å². The second kappa shape index (κ2) is 5.97. The number of nitrogens with one attached hydrogen (secondary N) is 1. The van der Waals surface area contributed by atoms with Crippen LogP contribution in [0.4, 0.5) is 0 Å². The molecule has 1 unspecified atom stereocenters. The molecule has 4 nitrogen and oxygen atoms in total. The number of benzene rings is 1. The van der Waals surface area contributed by atoms with Crippen molar-refractivity contribution in [2.45, 2.75) is 20.3 Å². The molecule has 0 saturated carbocycles. The number of nitrogens with zero attached hydrogens (tertiary/aromatic N) is 2. The number of rotatable bonds is 3. The highest BCUT2D eigenvalue weighted by Crippen LogP contribution is 2.51. The third-order valence-electron chi connectivity index (χ3n) is 2.81. The predicted molar refractivity (Wildman–Crippen MR) is 87.9 cm³/mol. The molecule has 0 aliphatic carbocycles. The second-order valence-corrected chi connectivity index (χ2v) is 7.91. The van der Waals surface area contributed by atoms with Gasteiger partial charge in [0.05, 0.1) is 5.02 Å². The number of amidine groups is 1. The van der Waals surface area contributed by atoms with Gasteiger partial charge < -0.3 is 5.32 Å². The minimum Gasteiger partial charge on any atom is -0.309 e. The smallest absolute Gasteiger partial charge is 0.222 e. The summed E-state index contributed by atoms with van der Waals surface area (Å²) in [6.07, 6.45) is 3.05. The molecule has 20 heavy (non-hydrogen) atoms. The van der Waals surface area contributed by atoms with Crippen LogP contribution in [0.1, 0.15) is 25.8 Å². The lowest BCUT2D eigenvalue weighted by molar-refractivity contribution is -0.117. The van der Waals surface area contributed by atoms with Crippen LogP contribution in [0.5, 0.6) is 0 Å². The second-order valence-electron chi connectivity index (χ2n) is 4.74. The molecule has 0 spiro atoms. The topological polar surface area (TPSA) is 53.8 Å². The van der Waals surface area contributed by atoms with Gasteiger partial charge in [-0.3, -0.25) is 4.79 Å². The fourth-order valence-corrected chi connectivity index (χ4v) is 4.38. The Morgan fingerprint density at radius 3 is 2.65 bits per heavy atom. The molecule has 0 saturated heterocycles. The maximum Gasteiger partial charge on any atom is 0.222 e. The lowest BCUT2D eigenvalue weighted by Gasteiger charge is -2.21. The van der Waals surface area contributed by atoms with Crippen LogP contribution in [-0.4, -0.2) is 29.5 Å². The van der Waals surface area contributed by atoms with Gasteiger partial charge in [-0.2, -0.15) is 4.40 Å². The maximum atomic E-state index is 11.4. The van der Waals surface area contributed by atoms with Crippen LogP contribution in [0.2, 0.25) is 5.02 Å². The van der Waals surface area contributed by atoms with Gasteiger partial charge in [0.25, 0.3) is 0 Å². The standard InChI is InChI=1S/C14H18ClN3OS/c1-4-9-20(3)17-13(14(18-20)16-10(2)19)11-7-5-6-8-12(11)15/h5-8H,4,9H2,1-3H3,(H,16,18,19). The Balaban J connectivity index is 2.46. The van der Waals surface area contributed by atoms with Crippen molar-refractivity contribution < 1.29 is 4.79 Å². The molecule has 0 fully saturated rings. The van der Waals surface area contributed by atoms with Crippen LogP contribution in [-0.2, 0) is 4.79 Å². The molecule has 0 aromatic heterocycles. The van der Waals surface area contributed by atoms with E-state index in [0.717, 1.165) is 17.7 Å². The quantitative estimate of drug-likeness (QED) is 0.914. The summed E-state index contributed by atoms with van der Waals surface area (Å²) < 4.78 is 9.43. The van der Waals surface area contributed by atoms with E-state index in [1.807, 2.05) is 30.5 Å². The molecule has 2 rings (SSSR count). The SMILES string of the molecule is CCCS1(C)N=C(NC(C)=O)C(c2ccccc2Cl)=N1. The molecule has 1 aromatic carbocycles. The molecule has 1 heterocycles. The Kier molecular flexibility index (Phi) is 4.50. The van der Waals surface area contributed by atoms with Gasteiger partial charge in [0, 0.05) is 24.5 Å². The molecule has 6 heteroatoms. The Bertz CT molecular complexity index is 600. The average Bonchev–Trinajstić information content (AvgIpc) is 2.66. The zero-order chi connectivity index (χ0) is 14.8. The van der Waals surface area contributed by atoms with Gasteiger partial charge in [0.2, 0.25) is 5.91 Å². The van der Waals surface area contributed by atoms with E-state index in [-0.39, 0.29) is 5.91 Å². The first-order chi connectivity index (χ1) is 9.45. The van der Waals surface area contributed by atoms with Crippen molar-refractivity contribution in [3.8, 4) is 0 Å². The van der Waals surface area contributed by atoms with Gasteiger partial charge in [-0.25, -0.2) is 4.40 Å². The Hall–Kier alpha value is -1.33. The van der Waals surface area contributed by atoms with E-state index in [2.05, 4.69) is 16.6 Å². The van der Waals surface area contributed by atoms with E-state index in [9.17, 15) is 4.79 Å². The van der Waals surface area contributed by atoms with Gasteiger partial charge in [-0.1, -0.05) is 36.7 Å². The Morgan fingerprint density at radius 1 is 1.35 bits per heavy atom. The molecular formula is C14H18ClN3OS. The number of amides is 1. The zero-order valence-electron chi connectivity index (χ0n) is 11.8. The van der Waals surface area contributed by atoms with E-state index >= 15 is 0 Å². The highest BCUT2D eigenvalue weighted by molar-refractivity contribution is 8.31. The Labute approximate surface area is 125 Å². The van der Waals surface area contributed by atoms with Gasteiger partial charge in [0.15, 0.2) is 5.84 Å². The average molecular weight is 312 g/mol. The van der Waals surface area contributed by atoms with Crippen molar-refractivity contribution in [1.82, 2.24) is 5.32 Å². The van der Waals surface area contributed by atoms with E-state index < -0.39 is 10.4 Å². The number of halogens is 1. The monoisotopic (exact) mass is 311 g/mol. The van der Waals surface area contributed by atoms with Gasteiger partial charge >= 0.3 is 0 Å². The largest absolute Gasteiger partial charge is 0.309 e. The number of hydrogen-bond acceptors (Lipinski definition) is 3. The highest BCUT2D eigenvalue weighted by atomic mass is 35.5. The number of carbonyl (C=O) groups is 1. The van der Waals surface area contributed by atoms with Gasteiger partial charge in [0.1, 0.15) is 5.71 Å². The van der Waals surface area contributed by atoms with E-state index in [4.69, 9.17) is 16.0 Å². The zero-order valence-corrected chi connectivity index (χ0v) is 13.4. The molecule has 0 bridgehead atoms. The fourth-order valence-electron chi connectivity index (χ4n) is 2.06.